The van der Waals surface area contributed by atoms with Crippen LogP contribution in [0.4, 0.5) is 13.2 Å². The maximum Gasteiger partial charge on any atom is 0.416 e. The molecule has 14 heteroatoms. The molecular formula is C19H24F3N3O7S. The van der Waals surface area contributed by atoms with E-state index < -0.39 is 81.2 Å². The minimum atomic E-state index is -4.80. The number of alkyl halides is 3. The number of sulfonamides is 1. The van der Waals surface area contributed by atoms with Gasteiger partial charge in [0, 0.05) is 19.4 Å². The topological polar surface area (TPSA) is 165 Å². The van der Waals surface area contributed by atoms with Gasteiger partial charge in [-0.05, 0) is 31.0 Å². The molecule has 6 N–H and O–H groups in total. The molecule has 1 aromatic carbocycles. The van der Waals surface area contributed by atoms with Crippen LogP contribution in [0.2, 0.25) is 0 Å². The number of aliphatic hydroxyl groups excluding tert-OH is 2. The van der Waals surface area contributed by atoms with E-state index in [1.807, 2.05) is 4.72 Å². The molecule has 0 spiro atoms. The van der Waals surface area contributed by atoms with E-state index in [-0.39, 0.29) is 0 Å². The summed E-state index contributed by atoms with van der Waals surface area (Å²) in [6, 6.07) is 0.340. The molecule has 2 amide bonds. The zero-order valence-corrected chi connectivity index (χ0v) is 18.0. The summed E-state index contributed by atoms with van der Waals surface area (Å²) in [5, 5.41) is 36.1. The molecular weight excluding hydrogens is 471 g/mol. The Bertz CT molecular complexity index is 1020. The molecule has 1 aromatic rings. The van der Waals surface area contributed by atoms with Gasteiger partial charge in [-0.2, -0.15) is 13.2 Å². The van der Waals surface area contributed by atoms with E-state index in [9.17, 15) is 46.5 Å². The van der Waals surface area contributed by atoms with Gasteiger partial charge in [0.15, 0.2) is 0 Å². The van der Waals surface area contributed by atoms with Gasteiger partial charge in [-0.3, -0.25) is 9.59 Å². The molecule has 33 heavy (non-hydrogen) atoms. The molecule has 0 radical (unpaired) electrons. The molecule has 1 aliphatic carbocycles. The number of amides is 2. The average Bonchev–Trinajstić information content (AvgIpc) is 2.72. The zero-order valence-electron chi connectivity index (χ0n) is 17.2. The number of rotatable bonds is 5. The molecule has 1 saturated carbocycles. The van der Waals surface area contributed by atoms with Crippen molar-refractivity contribution in [3.8, 4) is 0 Å². The second-order valence-electron chi connectivity index (χ2n) is 8.21. The molecule has 3 rings (SSSR count). The monoisotopic (exact) mass is 495 g/mol. The third kappa shape index (κ3) is 5.63. The van der Waals surface area contributed by atoms with Crippen LogP contribution >= 0.6 is 0 Å². The number of hydrogen-bond acceptors (Lipinski definition) is 7. The standard InChI is InChI=1S/C19H24F3N3O7S/c20-19(21,22)10-3-1-4-11(7-10)33(31,32)25-13-8-18(30,9-14(26)15(13)27)17(29)24-12-5-2-6-23-16(12)28/h1,3-4,7,12-15,25-27,30H,2,5-6,8-9H2,(H,23,28)(H,24,29). The summed E-state index contributed by atoms with van der Waals surface area (Å²) in [7, 11) is -4.64. The second kappa shape index (κ2) is 9.18. The Morgan fingerprint density at radius 3 is 2.55 bits per heavy atom. The molecule has 1 saturated heterocycles. The fraction of sp³-hybridized carbons (Fsp3) is 0.579. The van der Waals surface area contributed by atoms with Gasteiger partial charge in [-0.25, -0.2) is 13.1 Å². The summed E-state index contributed by atoms with van der Waals surface area (Å²) in [5.74, 6) is -1.50. The molecule has 0 bridgehead atoms. The Hall–Kier alpha value is -2.26. The van der Waals surface area contributed by atoms with E-state index in [0.717, 1.165) is 12.1 Å². The van der Waals surface area contributed by atoms with Crippen LogP contribution < -0.4 is 15.4 Å². The first-order valence-electron chi connectivity index (χ1n) is 10.1. The number of piperidine rings is 1. The van der Waals surface area contributed by atoms with E-state index in [4.69, 9.17) is 0 Å². The van der Waals surface area contributed by atoms with Crippen molar-refractivity contribution in [3.63, 3.8) is 0 Å². The van der Waals surface area contributed by atoms with Gasteiger partial charge in [0.1, 0.15) is 11.6 Å². The Kier molecular flexibility index (Phi) is 7.05. The summed E-state index contributed by atoms with van der Waals surface area (Å²) >= 11 is 0. The molecule has 5 unspecified atom stereocenters. The highest BCUT2D eigenvalue weighted by atomic mass is 32.2. The van der Waals surface area contributed by atoms with Gasteiger partial charge in [0.2, 0.25) is 15.9 Å². The van der Waals surface area contributed by atoms with Crippen molar-refractivity contribution < 1.29 is 46.5 Å². The summed E-state index contributed by atoms with van der Waals surface area (Å²) < 4.78 is 66.1. The van der Waals surface area contributed by atoms with Gasteiger partial charge in [-0.15, -0.1) is 0 Å². The molecule has 184 valence electrons. The maximum absolute atomic E-state index is 12.9. The van der Waals surface area contributed by atoms with Crippen LogP contribution in [-0.2, 0) is 25.8 Å². The molecule has 2 aliphatic rings. The maximum atomic E-state index is 12.9. The van der Waals surface area contributed by atoms with E-state index in [1.54, 1.807) is 0 Å². The Labute approximate surface area is 187 Å². The van der Waals surface area contributed by atoms with Crippen LogP contribution in [-0.4, -0.2) is 72.0 Å². The molecule has 0 aromatic heterocycles. The lowest BCUT2D eigenvalue weighted by Crippen LogP contribution is -2.64. The molecule has 1 heterocycles. The summed E-state index contributed by atoms with van der Waals surface area (Å²) in [6.07, 6.45) is -8.73. The second-order valence-corrected chi connectivity index (χ2v) is 9.92. The molecule has 5 atom stereocenters. The summed E-state index contributed by atoms with van der Waals surface area (Å²) in [4.78, 5) is 23.8. The van der Waals surface area contributed by atoms with Crippen molar-refractivity contribution in [2.75, 3.05) is 6.54 Å². The number of carbonyl (C=O) groups is 2. The number of carbonyl (C=O) groups excluding carboxylic acids is 2. The van der Waals surface area contributed by atoms with E-state index in [1.165, 1.54) is 0 Å². The number of hydrogen-bond donors (Lipinski definition) is 6. The lowest BCUT2D eigenvalue weighted by atomic mass is 9.78. The van der Waals surface area contributed by atoms with E-state index in [0.29, 0.717) is 31.5 Å². The van der Waals surface area contributed by atoms with Crippen molar-refractivity contribution in [2.45, 2.75) is 66.6 Å². The first kappa shape index (κ1) is 25.4. The summed E-state index contributed by atoms with van der Waals surface area (Å²) in [5.41, 5.74) is -3.56. The highest BCUT2D eigenvalue weighted by Gasteiger charge is 2.50. The third-order valence-corrected chi connectivity index (χ3v) is 7.19. The normalized spacial score (nSPS) is 31.0. The zero-order chi connectivity index (χ0) is 24.6. The Morgan fingerprint density at radius 1 is 1.21 bits per heavy atom. The predicted molar refractivity (Wildman–Crippen MR) is 106 cm³/mol. The first-order chi connectivity index (χ1) is 15.2. The smallest absolute Gasteiger partial charge is 0.390 e. The fourth-order valence-corrected chi connectivity index (χ4v) is 5.21. The van der Waals surface area contributed by atoms with Crippen molar-refractivity contribution in [1.82, 2.24) is 15.4 Å². The minimum Gasteiger partial charge on any atom is -0.390 e. The van der Waals surface area contributed by atoms with Crippen LogP contribution in [0.15, 0.2) is 29.2 Å². The van der Waals surface area contributed by atoms with E-state index >= 15 is 0 Å². The number of halogens is 3. The lowest BCUT2D eigenvalue weighted by molar-refractivity contribution is -0.159. The number of aliphatic hydroxyl groups is 3. The Balaban J connectivity index is 1.79. The predicted octanol–water partition coefficient (Wildman–Crippen LogP) is -1.01. The van der Waals surface area contributed by atoms with Crippen LogP contribution in [0.3, 0.4) is 0 Å². The van der Waals surface area contributed by atoms with Crippen molar-refractivity contribution >= 4 is 21.8 Å². The van der Waals surface area contributed by atoms with Crippen LogP contribution in [0.5, 0.6) is 0 Å². The molecule has 10 nitrogen and oxygen atoms in total. The third-order valence-electron chi connectivity index (χ3n) is 5.70. The largest absolute Gasteiger partial charge is 0.416 e. The van der Waals surface area contributed by atoms with Gasteiger partial charge in [0.25, 0.3) is 5.91 Å². The van der Waals surface area contributed by atoms with Crippen molar-refractivity contribution in [3.05, 3.63) is 29.8 Å². The quantitative estimate of drug-likeness (QED) is 0.305. The SMILES string of the molecule is O=C1NCCCC1NC(=O)C1(O)CC(O)C(O)C(NS(=O)(=O)c2cccc(C(F)(F)F)c2)C1. The van der Waals surface area contributed by atoms with Crippen LogP contribution in [0, 0.1) is 0 Å². The van der Waals surface area contributed by atoms with Gasteiger partial charge < -0.3 is 26.0 Å². The molecule has 2 fully saturated rings. The highest BCUT2D eigenvalue weighted by Crippen LogP contribution is 2.33. The Morgan fingerprint density at radius 2 is 1.91 bits per heavy atom. The van der Waals surface area contributed by atoms with Crippen molar-refractivity contribution in [1.29, 1.82) is 0 Å². The lowest BCUT2D eigenvalue weighted by Gasteiger charge is -2.41. The minimum absolute atomic E-state index is 0.310. The van der Waals surface area contributed by atoms with E-state index in [2.05, 4.69) is 10.6 Å². The first-order valence-corrected chi connectivity index (χ1v) is 11.6. The number of nitrogens with one attached hydrogen (secondary N) is 3. The van der Waals surface area contributed by atoms with Gasteiger partial charge in [0.05, 0.1) is 28.7 Å². The number of benzene rings is 1. The van der Waals surface area contributed by atoms with Crippen LogP contribution in [0.1, 0.15) is 31.2 Å². The average molecular weight is 495 g/mol. The fourth-order valence-electron chi connectivity index (χ4n) is 3.91. The van der Waals surface area contributed by atoms with Gasteiger partial charge in [-0.1, -0.05) is 6.07 Å². The van der Waals surface area contributed by atoms with Crippen LogP contribution in [0.25, 0.3) is 0 Å². The van der Waals surface area contributed by atoms with Gasteiger partial charge >= 0.3 is 6.18 Å². The van der Waals surface area contributed by atoms with Crippen molar-refractivity contribution in [2.24, 2.45) is 0 Å². The molecule has 1 aliphatic heterocycles. The summed E-state index contributed by atoms with van der Waals surface area (Å²) in [6.45, 7) is 0.430. The highest BCUT2D eigenvalue weighted by molar-refractivity contribution is 7.89.